The van der Waals surface area contributed by atoms with Gasteiger partial charge in [0.15, 0.2) is 9.84 Å². The number of fused-ring (bicyclic) bond motifs is 1. The van der Waals surface area contributed by atoms with E-state index in [4.69, 9.17) is 0 Å². The lowest BCUT2D eigenvalue weighted by atomic mass is 9.99. The van der Waals surface area contributed by atoms with Crippen LogP contribution in [0.1, 0.15) is 0 Å². The Balaban J connectivity index is 2.00. The van der Waals surface area contributed by atoms with E-state index in [1.54, 1.807) is 53.2 Å². The lowest BCUT2D eigenvalue weighted by Gasteiger charge is -2.06. The van der Waals surface area contributed by atoms with Crippen LogP contribution in [0.15, 0.2) is 77.8 Å². The Morgan fingerprint density at radius 2 is 1.62 bits per heavy atom. The first-order valence-electron chi connectivity index (χ1n) is 7.98. The minimum absolute atomic E-state index is 0.241. The molecule has 0 radical (unpaired) electrons. The van der Waals surface area contributed by atoms with E-state index in [0.717, 1.165) is 16.6 Å². The van der Waals surface area contributed by atoms with E-state index in [-0.39, 0.29) is 10.7 Å². The van der Waals surface area contributed by atoms with Crippen molar-refractivity contribution in [3.63, 3.8) is 0 Å². The fourth-order valence-corrected chi connectivity index (χ4v) is 3.62. The maximum atomic E-state index is 14.4. The van der Waals surface area contributed by atoms with Crippen LogP contribution in [0.4, 0.5) is 4.39 Å². The monoisotopic (exact) mass is 366 g/mol. The lowest BCUT2D eigenvalue weighted by molar-refractivity contribution is 0.602. The molecule has 2 aromatic heterocycles. The van der Waals surface area contributed by atoms with Crippen LogP contribution >= 0.6 is 0 Å². The number of rotatable bonds is 3. The van der Waals surface area contributed by atoms with E-state index in [1.165, 1.54) is 12.3 Å². The van der Waals surface area contributed by atoms with Crippen LogP contribution in [0.25, 0.3) is 27.9 Å². The third kappa shape index (κ3) is 2.78. The van der Waals surface area contributed by atoms with E-state index in [9.17, 15) is 12.8 Å². The molecule has 4 aromatic rings. The first-order valence-corrected chi connectivity index (χ1v) is 9.87. The summed E-state index contributed by atoms with van der Waals surface area (Å²) in [5.74, 6) is -0.357. The maximum absolute atomic E-state index is 14.4. The fourth-order valence-electron chi connectivity index (χ4n) is 2.99. The van der Waals surface area contributed by atoms with Gasteiger partial charge in [-0.3, -0.25) is 0 Å². The molecule has 0 fully saturated rings. The van der Waals surface area contributed by atoms with Crippen molar-refractivity contribution in [3.8, 4) is 22.4 Å². The average Bonchev–Trinajstić information content (AvgIpc) is 3.00. The number of hydrogen-bond donors (Lipinski definition) is 0. The van der Waals surface area contributed by atoms with Gasteiger partial charge in [0.25, 0.3) is 0 Å². The average molecular weight is 366 g/mol. The highest BCUT2D eigenvalue weighted by molar-refractivity contribution is 7.90. The minimum Gasteiger partial charge on any atom is -0.240 e. The lowest BCUT2D eigenvalue weighted by Crippen LogP contribution is -1.96. The number of pyridine rings is 1. The van der Waals surface area contributed by atoms with Crippen LogP contribution in [-0.2, 0) is 9.84 Å². The number of sulfone groups is 1. The van der Waals surface area contributed by atoms with Gasteiger partial charge in [-0.15, -0.1) is 0 Å². The standard InChI is InChI=1S/C20H15FN2O2S/c1-26(24,25)15-11-9-14(10-12-15)19-18-8-4-5-13-23(18)22-20(19)16-6-2-3-7-17(16)21/h2-13H,1H3. The minimum atomic E-state index is -3.28. The van der Waals surface area contributed by atoms with Gasteiger partial charge in [0, 0.05) is 23.6 Å². The Labute approximate surface area is 150 Å². The number of aromatic nitrogens is 2. The molecule has 0 spiro atoms. The molecule has 0 N–H and O–H groups in total. The van der Waals surface area contributed by atoms with Crippen molar-refractivity contribution in [2.45, 2.75) is 4.90 Å². The summed E-state index contributed by atoms with van der Waals surface area (Å²) in [6, 6.07) is 18.7. The summed E-state index contributed by atoms with van der Waals surface area (Å²) < 4.78 is 39.5. The summed E-state index contributed by atoms with van der Waals surface area (Å²) in [7, 11) is -3.28. The van der Waals surface area contributed by atoms with Gasteiger partial charge in [-0.1, -0.05) is 30.3 Å². The predicted octanol–water partition coefficient (Wildman–Crippen LogP) is 4.21. The molecule has 0 bridgehead atoms. The molecular weight excluding hydrogens is 351 g/mol. The fraction of sp³-hybridized carbons (Fsp3) is 0.0500. The van der Waals surface area contributed by atoms with Crippen molar-refractivity contribution < 1.29 is 12.8 Å². The highest BCUT2D eigenvalue weighted by Gasteiger charge is 2.19. The van der Waals surface area contributed by atoms with Crippen molar-refractivity contribution in [1.29, 1.82) is 0 Å². The Morgan fingerprint density at radius 3 is 2.31 bits per heavy atom. The largest absolute Gasteiger partial charge is 0.240 e. The molecule has 2 aromatic carbocycles. The molecule has 0 aliphatic heterocycles. The summed E-state index contributed by atoms with van der Waals surface area (Å²) in [6.45, 7) is 0. The third-order valence-corrected chi connectivity index (χ3v) is 5.37. The third-order valence-electron chi connectivity index (χ3n) is 4.24. The first-order chi connectivity index (χ1) is 12.4. The molecule has 4 nitrogen and oxygen atoms in total. The number of halogens is 1. The van der Waals surface area contributed by atoms with Crippen LogP contribution in [0.2, 0.25) is 0 Å². The van der Waals surface area contributed by atoms with Crippen molar-refractivity contribution in [2.75, 3.05) is 6.26 Å². The molecule has 2 heterocycles. The second-order valence-corrected chi connectivity index (χ2v) is 8.05. The highest BCUT2D eigenvalue weighted by Crippen LogP contribution is 2.36. The van der Waals surface area contributed by atoms with Crippen LogP contribution in [0, 0.1) is 5.82 Å². The summed E-state index contributed by atoms with van der Waals surface area (Å²) in [4.78, 5) is 0.241. The normalized spacial score (nSPS) is 11.8. The molecule has 0 aliphatic carbocycles. The zero-order chi connectivity index (χ0) is 18.3. The SMILES string of the molecule is CS(=O)(=O)c1ccc(-c2c(-c3ccccc3F)nn3ccccc23)cc1. The van der Waals surface area contributed by atoms with Gasteiger partial charge < -0.3 is 0 Å². The first kappa shape index (κ1) is 16.5. The second kappa shape index (κ2) is 6.07. The van der Waals surface area contributed by atoms with Crippen LogP contribution < -0.4 is 0 Å². The van der Waals surface area contributed by atoms with E-state index in [2.05, 4.69) is 5.10 Å². The van der Waals surface area contributed by atoms with E-state index in [0.29, 0.717) is 11.3 Å². The van der Waals surface area contributed by atoms with Crippen LogP contribution in [0.3, 0.4) is 0 Å². The summed E-state index contributed by atoms with van der Waals surface area (Å²) in [5.41, 5.74) is 3.27. The molecule has 4 rings (SSSR count). The molecule has 0 aliphatic rings. The maximum Gasteiger partial charge on any atom is 0.175 e. The Bertz CT molecular complexity index is 1210. The number of benzene rings is 2. The van der Waals surface area contributed by atoms with Crippen molar-refractivity contribution in [2.24, 2.45) is 0 Å². The molecule has 0 atom stereocenters. The number of nitrogens with zero attached hydrogens (tertiary/aromatic N) is 2. The zero-order valence-electron chi connectivity index (χ0n) is 13.9. The van der Waals surface area contributed by atoms with Crippen molar-refractivity contribution in [3.05, 3.63) is 78.7 Å². The van der Waals surface area contributed by atoms with E-state index >= 15 is 0 Å². The van der Waals surface area contributed by atoms with Gasteiger partial charge in [-0.2, -0.15) is 5.10 Å². The van der Waals surface area contributed by atoms with Crippen molar-refractivity contribution >= 4 is 15.4 Å². The molecule has 0 saturated heterocycles. The Morgan fingerprint density at radius 1 is 0.923 bits per heavy atom. The topological polar surface area (TPSA) is 51.4 Å². The Kier molecular flexibility index (Phi) is 3.85. The molecule has 0 saturated carbocycles. The van der Waals surface area contributed by atoms with Crippen molar-refractivity contribution in [1.82, 2.24) is 9.61 Å². The molecule has 130 valence electrons. The van der Waals surface area contributed by atoms with Gasteiger partial charge in [-0.05, 0) is 42.0 Å². The predicted molar refractivity (Wildman–Crippen MR) is 99.1 cm³/mol. The van der Waals surface area contributed by atoms with Gasteiger partial charge >= 0.3 is 0 Å². The van der Waals surface area contributed by atoms with E-state index < -0.39 is 9.84 Å². The quantitative estimate of drug-likeness (QED) is 0.546. The summed E-state index contributed by atoms with van der Waals surface area (Å²) >= 11 is 0. The Hall–Kier alpha value is -2.99. The summed E-state index contributed by atoms with van der Waals surface area (Å²) in [6.07, 6.45) is 2.97. The van der Waals surface area contributed by atoms with Gasteiger partial charge in [0.2, 0.25) is 0 Å². The van der Waals surface area contributed by atoms with Gasteiger partial charge in [-0.25, -0.2) is 17.3 Å². The zero-order valence-corrected chi connectivity index (χ0v) is 14.7. The highest BCUT2D eigenvalue weighted by atomic mass is 32.2. The summed E-state index contributed by atoms with van der Waals surface area (Å²) in [5, 5.41) is 4.55. The van der Waals surface area contributed by atoms with Crippen LogP contribution in [-0.4, -0.2) is 24.3 Å². The molecular formula is C20H15FN2O2S. The van der Waals surface area contributed by atoms with E-state index in [1.807, 2.05) is 18.2 Å². The molecule has 0 amide bonds. The smallest absolute Gasteiger partial charge is 0.175 e. The van der Waals surface area contributed by atoms with Gasteiger partial charge in [0.05, 0.1) is 10.4 Å². The molecule has 26 heavy (non-hydrogen) atoms. The van der Waals surface area contributed by atoms with Gasteiger partial charge in [0.1, 0.15) is 11.5 Å². The number of hydrogen-bond acceptors (Lipinski definition) is 3. The van der Waals surface area contributed by atoms with Crippen LogP contribution in [0.5, 0.6) is 0 Å². The molecule has 6 heteroatoms. The molecule has 0 unspecified atom stereocenters. The second-order valence-electron chi connectivity index (χ2n) is 6.03.